The predicted octanol–water partition coefficient (Wildman–Crippen LogP) is 2.36. The lowest BCUT2D eigenvalue weighted by molar-refractivity contribution is -0.135. The number of nitriles is 1. The van der Waals surface area contributed by atoms with Crippen molar-refractivity contribution in [2.24, 2.45) is 11.8 Å². The number of nitrogens with zero attached hydrogens (tertiary/aromatic N) is 6. The Morgan fingerprint density at radius 1 is 1.26 bits per heavy atom. The molecule has 0 spiro atoms. The molecule has 2 amide bonds. The van der Waals surface area contributed by atoms with E-state index >= 15 is 0 Å². The van der Waals surface area contributed by atoms with Crippen molar-refractivity contribution in [2.45, 2.75) is 37.8 Å². The summed E-state index contributed by atoms with van der Waals surface area (Å²) in [6, 6.07) is 6.07. The highest BCUT2D eigenvalue weighted by atomic mass is 35.5. The number of hydrogen-bond acceptors (Lipinski definition) is 8. The van der Waals surface area contributed by atoms with Crippen LogP contribution in [0, 0.1) is 23.2 Å². The molecule has 2 aromatic rings. The van der Waals surface area contributed by atoms with E-state index in [0.29, 0.717) is 18.1 Å². The van der Waals surface area contributed by atoms with Crippen LogP contribution in [0.5, 0.6) is 0 Å². The third-order valence-corrected chi connectivity index (χ3v) is 7.09. The average Bonchev–Trinajstić information content (AvgIpc) is 3.53. The molecule has 0 radical (unpaired) electrons. The van der Waals surface area contributed by atoms with Crippen LogP contribution in [0.15, 0.2) is 24.5 Å². The fraction of sp³-hybridized carbons (Fsp3) is 0.478. The standard InChI is InChI=1S/C23H25ClN8O2/c1-26-22(34)21-18(24)8-15(10-28-21)29-23-27-5-4-19(30-23)31-11-16-2-3-17(12-31)32(16)20(33)7-13-6-14(13)9-25/h4-5,8,10,13-14,16-17H,2-3,6-7,11-12H2,1H3,(H,26,34)(H,27,29,30)/t13?,14-,16-,17+/m0/s1. The Bertz CT molecular complexity index is 1150. The second kappa shape index (κ2) is 9.06. The molecule has 2 aliphatic heterocycles. The SMILES string of the molecule is CNC(=O)c1ncc(Nc2nccc(N3C[C@H]4CC[C@@H](C3)N4C(=O)CC3C[C@H]3C#N)n2)cc1Cl. The van der Waals surface area contributed by atoms with Crippen molar-refractivity contribution in [3.05, 3.63) is 35.2 Å². The number of pyridine rings is 1. The number of carbonyl (C=O) groups is 2. The fourth-order valence-corrected chi connectivity index (χ4v) is 5.22. The topological polar surface area (TPSA) is 127 Å². The summed E-state index contributed by atoms with van der Waals surface area (Å²) in [7, 11) is 1.52. The van der Waals surface area contributed by atoms with Crippen molar-refractivity contribution >= 4 is 40.9 Å². The van der Waals surface area contributed by atoms with E-state index in [1.54, 1.807) is 12.3 Å². The summed E-state index contributed by atoms with van der Waals surface area (Å²) in [5.41, 5.74) is 0.721. The van der Waals surface area contributed by atoms with Gasteiger partial charge in [-0.1, -0.05) is 11.6 Å². The van der Waals surface area contributed by atoms with E-state index in [-0.39, 0.29) is 46.5 Å². The maximum absolute atomic E-state index is 12.9. The summed E-state index contributed by atoms with van der Waals surface area (Å²) in [4.78, 5) is 42.0. The van der Waals surface area contributed by atoms with Gasteiger partial charge in [0.25, 0.3) is 5.91 Å². The number of fused-ring (bicyclic) bond motifs is 2. The summed E-state index contributed by atoms with van der Waals surface area (Å²) in [5, 5.41) is 14.8. The maximum Gasteiger partial charge on any atom is 0.271 e. The molecular weight excluding hydrogens is 456 g/mol. The molecule has 3 fully saturated rings. The molecule has 2 saturated heterocycles. The van der Waals surface area contributed by atoms with Crippen LogP contribution < -0.4 is 15.5 Å². The van der Waals surface area contributed by atoms with Crippen LogP contribution in [-0.4, -0.2) is 63.9 Å². The molecule has 0 aromatic carbocycles. The maximum atomic E-state index is 12.9. The lowest BCUT2D eigenvalue weighted by Crippen LogP contribution is -2.56. The molecule has 5 rings (SSSR count). The molecule has 4 atom stereocenters. The van der Waals surface area contributed by atoms with Crippen molar-refractivity contribution in [1.82, 2.24) is 25.2 Å². The van der Waals surface area contributed by atoms with E-state index in [1.165, 1.54) is 13.2 Å². The minimum atomic E-state index is -0.357. The quantitative estimate of drug-likeness (QED) is 0.645. The molecule has 34 heavy (non-hydrogen) atoms. The summed E-state index contributed by atoms with van der Waals surface area (Å²) in [6.45, 7) is 1.44. The third-order valence-electron chi connectivity index (χ3n) is 6.80. The number of carbonyl (C=O) groups excluding carboxylic acids is 2. The van der Waals surface area contributed by atoms with Crippen LogP contribution in [0.3, 0.4) is 0 Å². The molecule has 2 N–H and O–H groups in total. The number of aromatic nitrogens is 3. The minimum Gasteiger partial charge on any atom is -0.354 e. The third kappa shape index (κ3) is 4.35. The zero-order valence-electron chi connectivity index (χ0n) is 18.7. The summed E-state index contributed by atoms with van der Waals surface area (Å²) in [5.74, 6) is 1.30. The van der Waals surface area contributed by atoms with E-state index in [4.69, 9.17) is 16.9 Å². The summed E-state index contributed by atoms with van der Waals surface area (Å²) >= 11 is 6.19. The monoisotopic (exact) mass is 480 g/mol. The van der Waals surface area contributed by atoms with Crippen LogP contribution >= 0.6 is 11.6 Å². The number of amides is 2. The van der Waals surface area contributed by atoms with Gasteiger partial charge in [-0.2, -0.15) is 10.2 Å². The first-order valence-electron chi connectivity index (χ1n) is 11.4. The van der Waals surface area contributed by atoms with Crippen molar-refractivity contribution in [3.63, 3.8) is 0 Å². The molecule has 4 heterocycles. The normalized spacial score (nSPS) is 25.0. The molecule has 176 valence electrons. The highest BCUT2D eigenvalue weighted by Gasteiger charge is 2.46. The molecule has 1 aliphatic carbocycles. The van der Waals surface area contributed by atoms with Crippen LogP contribution in [0.2, 0.25) is 5.02 Å². The Balaban J connectivity index is 1.25. The Morgan fingerprint density at radius 2 is 2.03 bits per heavy atom. The van der Waals surface area contributed by atoms with E-state index in [2.05, 4.69) is 41.5 Å². The van der Waals surface area contributed by atoms with E-state index in [1.807, 2.05) is 6.07 Å². The Labute approximate surface area is 202 Å². The number of halogens is 1. The van der Waals surface area contributed by atoms with Gasteiger partial charge in [-0.05, 0) is 37.3 Å². The Morgan fingerprint density at radius 3 is 2.68 bits per heavy atom. The fourth-order valence-electron chi connectivity index (χ4n) is 4.96. The minimum absolute atomic E-state index is 0.0555. The van der Waals surface area contributed by atoms with E-state index in [9.17, 15) is 9.59 Å². The first kappa shape index (κ1) is 22.3. The van der Waals surface area contributed by atoms with Crippen LogP contribution in [-0.2, 0) is 4.79 Å². The van der Waals surface area contributed by atoms with Gasteiger partial charge in [0.2, 0.25) is 11.9 Å². The van der Waals surface area contributed by atoms with Gasteiger partial charge in [0.05, 0.1) is 28.9 Å². The van der Waals surface area contributed by atoms with Crippen LogP contribution in [0.1, 0.15) is 36.2 Å². The van der Waals surface area contributed by atoms with Gasteiger partial charge in [0.1, 0.15) is 11.5 Å². The predicted molar refractivity (Wildman–Crippen MR) is 126 cm³/mol. The molecule has 3 aliphatic rings. The summed E-state index contributed by atoms with van der Waals surface area (Å²) in [6.07, 6.45) is 6.50. The lowest BCUT2D eigenvalue weighted by atomic mass is 10.1. The van der Waals surface area contributed by atoms with Crippen molar-refractivity contribution in [2.75, 3.05) is 30.4 Å². The Hall–Kier alpha value is -3.45. The molecular formula is C23H25ClN8O2. The number of anilines is 3. The van der Waals surface area contributed by atoms with Crippen molar-refractivity contribution < 1.29 is 9.59 Å². The zero-order chi connectivity index (χ0) is 23.8. The first-order chi connectivity index (χ1) is 16.5. The molecule has 2 bridgehead atoms. The van der Waals surface area contributed by atoms with Crippen molar-refractivity contribution in [1.29, 1.82) is 5.26 Å². The van der Waals surface area contributed by atoms with Crippen LogP contribution in [0.4, 0.5) is 17.5 Å². The van der Waals surface area contributed by atoms with Crippen molar-refractivity contribution in [3.8, 4) is 6.07 Å². The second-order valence-electron chi connectivity index (χ2n) is 9.02. The highest BCUT2D eigenvalue weighted by Crippen LogP contribution is 2.42. The molecule has 1 saturated carbocycles. The Kier molecular flexibility index (Phi) is 5.96. The van der Waals surface area contributed by atoms with Gasteiger partial charge in [0, 0.05) is 44.8 Å². The lowest BCUT2D eigenvalue weighted by Gasteiger charge is -2.41. The number of nitrogens with one attached hydrogen (secondary N) is 2. The number of piperazine rings is 1. The van der Waals surface area contributed by atoms with Gasteiger partial charge in [-0.15, -0.1) is 0 Å². The van der Waals surface area contributed by atoms with E-state index < -0.39 is 0 Å². The number of hydrogen-bond donors (Lipinski definition) is 2. The second-order valence-corrected chi connectivity index (χ2v) is 9.43. The number of rotatable bonds is 6. The van der Waals surface area contributed by atoms with E-state index in [0.717, 1.165) is 38.2 Å². The van der Waals surface area contributed by atoms with Gasteiger partial charge in [0.15, 0.2) is 0 Å². The van der Waals surface area contributed by atoms with Gasteiger partial charge in [-0.3, -0.25) is 9.59 Å². The molecule has 1 unspecified atom stereocenters. The zero-order valence-corrected chi connectivity index (χ0v) is 19.5. The van der Waals surface area contributed by atoms with Gasteiger partial charge >= 0.3 is 0 Å². The average molecular weight is 481 g/mol. The largest absolute Gasteiger partial charge is 0.354 e. The van der Waals surface area contributed by atoms with Gasteiger partial charge < -0.3 is 20.4 Å². The molecule has 11 heteroatoms. The van der Waals surface area contributed by atoms with Crippen LogP contribution in [0.25, 0.3) is 0 Å². The first-order valence-corrected chi connectivity index (χ1v) is 11.8. The molecule has 10 nitrogen and oxygen atoms in total. The molecule has 2 aromatic heterocycles. The smallest absolute Gasteiger partial charge is 0.271 e. The summed E-state index contributed by atoms with van der Waals surface area (Å²) < 4.78 is 0. The highest BCUT2D eigenvalue weighted by molar-refractivity contribution is 6.33. The van der Waals surface area contributed by atoms with Gasteiger partial charge in [-0.25, -0.2) is 9.97 Å².